The Hall–Kier alpha value is -2.12. The van der Waals surface area contributed by atoms with Crippen LogP contribution in [0.5, 0.6) is 0 Å². The number of hydrogen-bond acceptors (Lipinski definition) is 3. The number of amides is 1. The normalized spacial score (nSPS) is 11.1. The van der Waals surface area contributed by atoms with Gasteiger partial charge in [-0.25, -0.2) is 12.8 Å². The van der Waals surface area contributed by atoms with Crippen molar-refractivity contribution < 1.29 is 17.6 Å². The molecule has 0 bridgehead atoms. The standard InChI is InChI=1S/C16H16ClFN2O3S/c1-24(22,23)20(13-8-6-12(17)7-9-13)11-10-16(21)19-15-5-3-2-4-14(15)18/h2-9H,10-11H2,1H3,(H,19,21). The van der Waals surface area contributed by atoms with Crippen molar-refractivity contribution in [2.24, 2.45) is 0 Å². The fourth-order valence-corrected chi connectivity index (χ4v) is 3.13. The minimum Gasteiger partial charge on any atom is -0.324 e. The van der Waals surface area contributed by atoms with Gasteiger partial charge in [-0.1, -0.05) is 23.7 Å². The molecule has 5 nitrogen and oxygen atoms in total. The third kappa shape index (κ3) is 4.94. The largest absolute Gasteiger partial charge is 0.324 e. The van der Waals surface area contributed by atoms with Crippen molar-refractivity contribution in [1.29, 1.82) is 0 Å². The van der Waals surface area contributed by atoms with Crippen molar-refractivity contribution in [3.05, 3.63) is 59.4 Å². The quantitative estimate of drug-likeness (QED) is 0.848. The summed E-state index contributed by atoms with van der Waals surface area (Å²) >= 11 is 5.80. The molecule has 24 heavy (non-hydrogen) atoms. The molecule has 1 amide bonds. The number of hydrogen-bond donors (Lipinski definition) is 1. The van der Waals surface area contributed by atoms with Crippen LogP contribution in [0.15, 0.2) is 48.5 Å². The summed E-state index contributed by atoms with van der Waals surface area (Å²) in [5.74, 6) is -1.04. The second kappa shape index (κ2) is 7.63. The van der Waals surface area contributed by atoms with Crippen LogP contribution in [0.2, 0.25) is 5.02 Å². The van der Waals surface area contributed by atoms with Crippen LogP contribution in [0.25, 0.3) is 0 Å². The molecule has 2 aromatic carbocycles. The van der Waals surface area contributed by atoms with E-state index in [1.54, 1.807) is 30.3 Å². The molecule has 8 heteroatoms. The van der Waals surface area contributed by atoms with E-state index < -0.39 is 21.7 Å². The molecule has 0 saturated heterocycles. The lowest BCUT2D eigenvalue weighted by atomic mass is 10.3. The maximum absolute atomic E-state index is 13.5. The number of para-hydroxylation sites is 1. The zero-order valence-electron chi connectivity index (χ0n) is 12.9. The summed E-state index contributed by atoms with van der Waals surface area (Å²) in [6.45, 7) is -0.0687. The molecule has 0 atom stereocenters. The molecule has 0 aliphatic heterocycles. The average Bonchev–Trinajstić information content (AvgIpc) is 2.50. The fraction of sp³-hybridized carbons (Fsp3) is 0.188. The second-order valence-corrected chi connectivity index (χ2v) is 7.43. The molecule has 1 N–H and O–H groups in total. The van der Waals surface area contributed by atoms with Gasteiger partial charge in [0.1, 0.15) is 5.82 Å². The van der Waals surface area contributed by atoms with Gasteiger partial charge in [0.2, 0.25) is 15.9 Å². The second-order valence-electron chi connectivity index (χ2n) is 5.09. The van der Waals surface area contributed by atoms with E-state index in [0.717, 1.165) is 10.6 Å². The summed E-state index contributed by atoms with van der Waals surface area (Å²) in [6.07, 6.45) is 0.931. The van der Waals surface area contributed by atoms with Gasteiger partial charge in [0.05, 0.1) is 17.6 Å². The Morgan fingerprint density at radius 1 is 1.17 bits per heavy atom. The van der Waals surface area contributed by atoms with Gasteiger partial charge in [-0.05, 0) is 36.4 Å². The molecule has 0 aliphatic carbocycles. The monoisotopic (exact) mass is 370 g/mol. The molecule has 0 fully saturated rings. The maximum atomic E-state index is 13.5. The molecule has 0 aromatic heterocycles. The Bertz CT molecular complexity index is 825. The minimum atomic E-state index is -3.57. The maximum Gasteiger partial charge on any atom is 0.232 e. The summed E-state index contributed by atoms with van der Waals surface area (Å²) in [7, 11) is -3.57. The molecule has 128 valence electrons. The first kappa shape index (κ1) is 18.2. The predicted molar refractivity (Wildman–Crippen MR) is 93.3 cm³/mol. The van der Waals surface area contributed by atoms with Crippen LogP contribution in [-0.2, 0) is 14.8 Å². The van der Waals surface area contributed by atoms with Crippen molar-refractivity contribution in [3.63, 3.8) is 0 Å². The summed E-state index contributed by atoms with van der Waals surface area (Å²) in [5.41, 5.74) is 0.459. The highest BCUT2D eigenvalue weighted by Gasteiger charge is 2.19. The first-order valence-electron chi connectivity index (χ1n) is 7.05. The van der Waals surface area contributed by atoms with Crippen LogP contribution in [0, 0.1) is 5.82 Å². The van der Waals surface area contributed by atoms with E-state index >= 15 is 0 Å². The molecule has 0 spiro atoms. The van der Waals surface area contributed by atoms with Crippen LogP contribution >= 0.6 is 11.6 Å². The van der Waals surface area contributed by atoms with Crippen LogP contribution in [0.4, 0.5) is 15.8 Å². The van der Waals surface area contributed by atoms with E-state index in [0.29, 0.717) is 10.7 Å². The first-order valence-corrected chi connectivity index (χ1v) is 9.27. The molecular formula is C16H16ClFN2O3S. The van der Waals surface area contributed by atoms with Crippen LogP contribution < -0.4 is 9.62 Å². The van der Waals surface area contributed by atoms with Gasteiger partial charge < -0.3 is 5.32 Å². The number of benzene rings is 2. The Kier molecular flexibility index (Phi) is 5.80. The molecule has 0 unspecified atom stereocenters. The number of anilines is 2. The SMILES string of the molecule is CS(=O)(=O)N(CCC(=O)Nc1ccccc1F)c1ccc(Cl)cc1. The summed E-state index contributed by atoms with van der Waals surface area (Å²) < 4.78 is 38.5. The number of nitrogens with zero attached hydrogens (tertiary/aromatic N) is 1. The molecule has 2 rings (SSSR count). The number of nitrogens with one attached hydrogen (secondary N) is 1. The van der Waals surface area contributed by atoms with Gasteiger partial charge in [-0.15, -0.1) is 0 Å². The van der Waals surface area contributed by atoms with Crippen molar-refractivity contribution in [3.8, 4) is 0 Å². The lowest BCUT2D eigenvalue weighted by Crippen LogP contribution is -2.33. The van der Waals surface area contributed by atoms with Gasteiger partial charge in [0.15, 0.2) is 0 Å². The van der Waals surface area contributed by atoms with Crippen LogP contribution in [-0.4, -0.2) is 27.1 Å². The Morgan fingerprint density at radius 3 is 2.38 bits per heavy atom. The number of sulfonamides is 1. The highest BCUT2D eigenvalue weighted by Crippen LogP contribution is 2.21. The number of carbonyl (C=O) groups is 1. The van der Waals surface area contributed by atoms with Gasteiger partial charge in [0, 0.05) is 18.0 Å². The van der Waals surface area contributed by atoms with E-state index in [1.165, 1.54) is 18.2 Å². The fourth-order valence-electron chi connectivity index (χ4n) is 2.07. The number of rotatable bonds is 6. The summed E-state index contributed by atoms with van der Waals surface area (Å²) in [5, 5.41) is 2.90. The third-order valence-corrected chi connectivity index (χ3v) is 4.65. The smallest absolute Gasteiger partial charge is 0.232 e. The van der Waals surface area contributed by atoms with Gasteiger partial charge in [-0.3, -0.25) is 9.10 Å². The Balaban J connectivity index is 2.07. The topological polar surface area (TPSA) is 66.5 Å². The Labute approximate surface area is 145 Å². The highest BCUT2D eigenvalue weighted by molar-refractivity contribution is 7.92. The summed E-state index contributed by atoms with van der Waals surface area (Å²) in [4.78, 5) is 12.0. The van der Waals surface area contributed by atoms with Crippen molar-refractivity contribution in [1.82, 2.24) is 0 Å². The lowest BCUT2D eigenvalue weighted by molar-refractivity contribution is -0.116. The van der Waals surface area contributed by atoms with E-state index in [4.69, 9.17) is 11.6 Å². The highest BCUT2D eigenvalue weighted by atomic mass is 35.5. The number of halogens is 2. The van der Waals surface area contributed by atoms with E-state index in [2.05, 4.69) is 5.32 Å². The molecule has 2 aromatic rings. The van der Waals surface area contributed by atoms with Crippen molar-refractivity contribution in [2.75, 3.05) is 22.4 Å². The lowest BCUT2D eigenvalue weighted by Gasteiger charge is -2.22. The van der Waals surface area contributed by atoms with Crippen LogP contribution in [0.3, 0.4) is 0 Å². The predicted octanol–water partition coefficient (Wildman–Crippen LogP) is 3.27. The summed E-state index contributed by atoms with van der Waals surface area (Å²) in [6, 6.07) is 12.0. The number of carbonyl (C=O) groups excluding carboxylic acids is 1. The molecule has 0 radical (unpaired) electrons. The zero-order chi connectivity index (χ0) is 17.7. The van der Waals surface area contributed by atoms with Gasteiger partial charge >= 0.3 is 0 Å². The van der Waals surface area contributed by atoms with Crippen molar-refractivity contribution in [2.45, 2.75) is 6.42 Å². The zero-order valence-corrected chi connectivity index (χ0v) is 14.4. The molecule has 0 saturated carbocycles. The van der Waals surface area contributed by atoms with Crippen LogP contribution in [0.1, 0.15) is 6.42 Å². The van der Waals surface area contributed by atoms with Gasteiger partial charge in [-0.2, -0.15) is 0 Å². The first-order chi connectivity index (χ1) is 11.3. The minimum absolute atomic E-state index is 0.0555. The average molecular weight is 371 g/mol. The van der Waals surface area contributed by atoms with Gasteiger partial charge in [0.25, 0.3) is 0 Å². The molecular weight excluding hydrogens is 355 g/mol. The third-order valence-electron chi connectivity index (χ3n) is 3.20. The Morgan fingerprint density at radius 2 is 1.79 bits per heavy atom. The van der Waals surface area contributed by atoms with E-state index in [-0.39, 0.29) is 18.7 Å². The van der Waals surface area contributed by atoms with E-state index in [1.807, 2.05) is 0 Å². The molecule has 0 aliphatic rings. The van der Waals surface area contributed by atoms with Crippen molar-refractivity contribution >= 4 is 38.9 Å². The molecule has 0 heterocycles. The van der Waals surface area contributed by atoms with E-state index in [9.17, 15) is 17.6 Å².